The summed E-state index contributed by atoms with van der Waals surface area (Å²) in [6.07, 6.45) is 0. The van der Waals surface area contributed by atoms with Gasteiger partial charge >= 0.3 is 0 Å². The van der Waals surface area contributed by atoms with Gasteiger partial charge in [0.25, 0.3) is 0 Å². The molecule has 0 saturated carbocycles. The first-order chi connectivity index (χ1) is 4.22. The molecular weight excluding hydrogens is 130 g/mol. The predicted octanol–water partition coefficient (Wildman–Crippen LogP) is 1.79. The van der Waals surface area contributed by atoms with Crippen LogP contribution in [0.5, 0.6) is 0 Å². The van der Waals surface area contributed by atoms with Crippen LogP contribution in [0.3, 0.4) is 0 Å². The second kappa shape index (κ2) is 2.93. The van der Waals surface area contributed by atoms with Gasteiger partial charge in [-0.15, -0.1) is 11.8 Å². The molecule has 1 aliphatic rings. The van der Waals surface area contributed by atoms with E-state index in [1.807, 2.05) is 0 Å². The van der Waals surface area contributed by atoms with Crippen molar-refractivity contribution >= 4 is 11.8 Å². The van der Waals surface area contributed by atoms with Crippen LogP contribution in [-0.4, -0.2) is 28.6 Å². The first-order valence-electron chi connectivity index (χ1n) is 3.59. The van der Waals surface area contributed by atoms with Crippen LogP contribution >= 0.6 is 11.8 Å². The molecule has 54 valence electrons. The van der Waals surface area contributed by atoms with Crippen LogP contribution in [0.4, 0.5) is 0 Å². The zero-order valence-corrected chi connectivity index (χ0v) is 7.24. The Morgan fingerprint density at radius 3 is 2.44 bits per heavy atom. The van der Waals surface area contributed by atoms with Gasteiger partial charge in [-0.1, -0.05) is 0 Å². The molecule has 1 fully saturated rings. The van der Waals surface area contributed by atoms with Gasteiger partial charge in [0.05, 0.1) is 5.37 Å². The van der Waals surface area contributed by atoms with Crippen LogP contribution in [-0.2, 0) is 0 Å². The average Bonchev–Trinajstić information content (AvgIpc) is 2.13. The highest BCUT2D eigenvalue weighted by Gasteiger charge is 2.22. The lowest BCUT2D eigenvalue weighted by atomic mass is 10.3. The molecule has 0 spiro atoms. The Morgan fingerprint density at radius 2 is 2.22 bits per heavy atom. The number of nitrogens with zero attached hydrogens (tertiary/aromatic N) is 1. The summed E-state index contributed by atoms with van der Waals surface area (Å²) in [5.41, 5.74) is 0. The molecule has 1 aliphatic heterocycles. The highest BCUT2D eigenvalue weighted by Crippen LogP contribution is 2.24. The first-order valence-corrected chi connectivity index (χ1v) is 4.64. The Labute approximate surface area is 61.8 Å². The maximum absolute atomic E-state index is 2.53. The van der Waals surface area contributed by atoms with Crippen molar-refractivity contribution in [2.24, 2.45) is 0 Å². The molecule has 0 aliphatic carbocycles. The number of hydrogen-bond acceptors (Lipinski definition) is 2. The Morgan fingerprint density at radius 1 is 1.56 bits per heavy atom. The van der Waals surface area contributed by atoms with E-state index < -0.39 is 0 Å². The summed E-state index contributed by atoms with van der Waals surface area (Å²) in [4.78, 5) is 2.53. The maximum Gasteiger partial charge on any atom is 0.0531 e. The van der Waals surface area contributed by atoms with Gasteiger partial charge in [-0.05, 0) is 20.8 Å². The molecule has 1 nitrogen and oxygen atoms in total. The molecule has 0 aromatic rings. The maximum atomic E-state index is 2.53. The fraction of sp³-hybridized carbons (Fsp3) is 1.00. The predicted molar refractivity (Wildman–Crippen MR) is 43.8 cm³/mol. The van der Waals surface area contributed by atoms with Crippen molar-refractivity contribution < 1.29 is 0 Å². The van der Waals surface area contributed by atoms with Crippen molar-refractivity contribution in [3.05, 3.63) is 0 Å². The summed E-state index contributed by atoms with van der Waals surface area (Å²) in [5.74, 6) is 1.32. The molecule has 1 atom stereocenters. The number of hydrogen-bond donors (Lipinski definition) is 0. The summed E-state index contributed by atoms with van der Waals surface area (Å²) < 4.78 is 0. The minimum absolute atomic E-state index is 0.731. The van der Waals surface area contributed by atoms with Crippen molar-refractivity contribution in [2.45, 2.75) is 32.2 Å². The zero-order valence-electron chi connectivity index (χ0n) is 6.42. The van der Waals surface area contributed by atoms with E-state index in [0.29, 0.717) is 0 Å². The summed E-state index contributed by atoms with van der Waals surface area (Å²) in [5, 5.41) is 0.755. The van der Waals surface area contributed by atoms with Crippen molar-refractivity contribution in [3.8, 4) is 0 Å². The van der Waals surface area contributed by atoms with Gasteiger partial charge in [-0.3, -0.25) is 4.90 Å². The molecule has 9 heavy (non-hydrogen) atoms. The van der Waals surface area contributed by atoms with Crippen molar-refractivity contribution in [3.63, 3.8) is 0 Å². The van der Waals surface area contributed by atoms with Crippen LogP contribution < -0.4 is 0 Å². The van der Waals surface area contributed by atoms with E-state index in [4.69, 9.17) is 0 Å². The fourth-order valence-corrected chi connectivity index (χ4v) is 2.48. The molecule has 1 saturated heterocycles. The Kier molecular flexibility index (Phi) is 2.42. The first kappa shape index (κ1) is 7.42. The molecule has 0 bridgehead atoms. The third-order valence-corrected chi connectivity index (χ3v) is 3.01. The Hall–Kier alpha value is 0.310. The summed E-state index contributed by atoms with van der Waals surface area (Å²) >= 11 is 2.06. The molecule has 0 aromatic heterocycles. The summed E-state index contributed by atoms with van der Waals surface area (Å²) in [6.45, 7) is 8.10. The number of rotatable bonds is 1. The zero-order chi connectivity index (χ0) is 6.85. The van der Waals surface area contributed by atoms with Crippen LogP contribution in [0.1, 0.15) is 20.8 Å². The SMILES string of the molecule is CC(C)N1CCSC1C. The van der Waals surface area contributed by atoms with E-state index in [2.05, 4.69) is 37.4 Å². The smallest absolute Gasteiger partial charge is 0.0531 e. The molecule has 0 aromatic carbocycles. The third-order valence-electron chi connectivity index (χ3n) is 1.84. The molecule has 1 unspecified atom stereocenters. The Balaban J connectivity index is 2.40. The van der Waals surface area contributed by atoms with E-state index in [0.717, 1.165) is 11.4 Å². The van der Waals surface area contributed by atoms with Gasteiger partial charge in [0.2, 0.25) is 0 Å². The minimum Gasteiger partial charge on any atom is -0.288 e. The van der Waals surface area contributed by atoms with Gasteiger partial charge in [0.15, 0.2) is 0 Å². The summed E-state index contributed by atoms with van der Waals surface area (Å²) in [6, 6.07) is 0.731. The fourth-order valence-electron chi connectivity index (χ4n) is 1.28. The van der Waals surface area contributed by atoms with Crippen LogP contribution in [0, 0.1) is 0 Å². The highest BCUT2D eigenvalue weighted by molar-refractivity contribution is 8.00. The van der Waals surface area contributed by atoms with Crippen LogP contribution in [0.25, 0.3) is 0 Å². The lowest BCUT2D eigenvalue weighted by molar-refractivity contribution is 0.242. The van der Waals surface area contributed by atoms with E-state index in [-0.39, 0.29) is 0 Å². The van der Waals surface area contributed by atoms with E-state index in [9.17, 15) is 0 Å². The van der Waals surface area contributed by atoms with E-state index in [1.54, 1.807) is 0 Å². The molecule has 1 rings (SSSR count). The standard InChI is InChI=1S/C7H15NS/c1-6(2)8-4-5-9-7(8)3/h6-7H,4-5H2,1-3H3. The molecule has 0 amide bonds. The minimum atomic E-state index is 0.731. The number of thioether (sulfide) groups is 1. The van der Waals surface area contributed by atoms with E-state index >= 15 is 0 Å². The van der Waals surface area contributed by atoms with Crippen LogP contribution in [0.15, 0.2) is 0 Å². The molecular formula is C7H15NS. The molecule has 0 radical (unpaired) electrons. The average molecular weight is 145 g/mol. The quantitative estimate of drug-likeness (QED) is 0.553. The summed E-state index contributed by atoms with van der Waals surface area (Å²) in [7, 11) is 0. The monoisotopic (exact) mass is 145 g/mol. The molecule has 0 N–H and O–H groups in total. The lowest BCUT2D eigenvalue weighted by Crippen LogP contribution is -2.32. The van der Waals surface area contributed by atoms with Crippen LogP contribution in [0.2, 0.25) is 0 Å². The second-order valence-electron chi connectivity index (χ2n) is 2.80. The van der Waals surface area contributed by atoms with Gasteiger partial charge in [0.1, 0.15) is 0 Å². The largest absolute Gasteiger partial charge is 0.288 e. The van der Waals surface area contributed by atoms with Gasteiger partial charge in [0, 0.05) is 18.3 Å². The Bertz CT molecular complexity index is 92.9. The van der Waals surface area contributed by atoms with E-state index in [1.165, 1.54) is 12.3 Å². The highest BCUT2D eigenvalue weighted by atomic mass is 32.2. The lowest BCUT2D eigenvalue weighted by Gasteiger charge is -2.23. The third kappa shape index (κ3) is 1.62. The van der Waals surface area contributed by atoms with Gasteiger partial charge < -0.3 is 0 Å². The topological polar surface area (TPSA) is 3.24 Å². The van der Waals surface area contributed by atoms with Crippen molar-refractivity contribution in [1.82, 2.24) is 4.90 Å². The normalized spacial score (nSPS) is 30.0. The second-order valence-corrected chi connectivity index (χ2v) is 4.23. The van der Waals surface area contributed by atoms with Gasteiger partial charge in [-0.2, -0.15) is 0 Å². The van der Waals surface area contributed by atoms with Gasteiger partial charge in [-0.25, -0.2) is 0 Å². The molecule has 2 heteroatoms. The van der Waals surface area contributed by atoms with Crippen molar-refractivity contribution in [2.75, 3.05) is 12.3 Å². The van der Waals surface area contributed by atoms with Crippen molar-refractivity contribution in [1.29, 1.82) is 0 Å². The molecule has 1 heterocycles.